The number of hydrogen-bond acceptors (Lipinski definition) is 5. The Balaban J connectivity index is 2.63. The van der Waals surface area contributed by atoms with E-state index in [1.165, 1.54) is 0 Å². The average Bonchev–Trinajstić information content (AvgIpc) is 2.75. The van der Waals surface area contributed by atoms with Crippen molar-refractivity contribution in [3.05, 3.63) is 0 Å². The van der Waals surface area contributed by atoms with E-state index >= 15 is 0 Å². The summed E-state index contributed by atoms with van der Waals surface area (Å²) in [4.78, 5) is 33.4. The monoisotopic (exact) mass is 308 g/mol. The lowest BCUT2D eigenvalue weighted by Crippen LogP contribution is -2.45. The summed E-state index contributed by atoms with van der Waals surface area (Å²) in [5.41, 5.74) is 4.87. The van der Waals surface area contributed by atoms with Crippen molar-refractivity contribution in [2.24, 2.45) is 11.7 Å². The van der Waals surface area contributed by atoms with E-state index in [1.54, 1.807) is 0 Å². The molecule has 5 N–H and O–H groups in total. The molecule has 0 bridgehead atoms. The molecule has 1 aliphatic rings. The molecule has 2 amide bonds. The highest BCUT2D eigenvalue weighted by Gasteiger charge is 2.37. The summed E-state index contributed by atoms with van der Waals surface area (Å²) in [6.07, 6.45) is -0.271. The van der Waals surface area contributed by atoms with Gasteiger partial charge in [0.05, 0.1) is 11.7 Å². The van der Waals surface area contributed by atoms with Gasteiger partial charge in [-0.3, -0.25) is 14.1 Å². The van der Waals surface area contributed by atoms with Gasteiger partial charge in [-0.15, -0.1) is 0 Å². The van der Waals surface area contributed by atoms with Crippen molar-refractivity contribution in [1.29, 1.82) is 0 Å². The quantitative estimate of drug-likeness (QED) is 0.433. The molecular weight excluding hydrogens is 292 g/mol. The summed E-state index contributed by atoms with van der Waals surface area (Å²) >= 11 is 0. The highest BCUT2D eigenvalue weighted by Crippen LogP contribution is 2.30. The minimum atomic E-state index is -4.20. The van der Waals surface area contributed by atoms with Crippen LogP contribution in [0.15, 0.2) is 0 Å². The fourth-order valence-electron chi connectivity index (χ4n) is 2.14. The molecule has 20 heavy (non-hydrogen) atoms. The topological polar surface area (TPSA) is 164 Å². The van der Waals surface area contributed by atoms with Gasteiger partial charge in [0.2, 0.25) is 11.8 Å². The molecule has 2 unspecified atom stereocenters. The first kappa shape index (κ1) is 16.4. The predicted molar refractivity (Wildman–Crippen MR) is 66.1 cm³/mol. The zero-order valence-corrected chi connectivity index (χ0v) is 11.3. The molecule has 0 aromatic rings. The molecule has 1 saturated carbocycles. The van der Waals surface area contributed by atoms with Crippen molar-refractivity contribution < 1.29 is 32.5 Å². The largest absolute Gasteiger partial charge is 0.480 e. The van der Waals surface area contributed by atoms with E-state index in [9.17, 15) is 22.8 Å². The molecule has 0 saturated heterocycles. The van der Waals surface area contributed by atoms with E-state index in [0.29, 0.717) is 0 Å². The molecule has 0 aliphatic heterocycles. The molecular formula is C10H16N2O7S. The maximum atomic E-state index is 11.8. The lowest BCUT2D eigenvalue weighted by molar-refractivity contribution is -0.143. The number of rotatable bonds is 6. The maximum absolute atomic E-state index is 11.8. The molecule has 9 nitrogen and oxygen atoms in total. The Hall–Kier alpha value is -1.68. The minimum absolute atomic E-state index is 0.0758. The number of nitrogens with two attached hydrogens (primary N) is 1. The van der Waals surface area contributed by atoms with Gasteiger partial charge in [0.25, 0.3) is 10.1 Å². The third-order valence-corrected chi connectivity index (χ3v) is 4.47. The summed E-state index contributed by atoms with van der Waals surface area (Å²) in [5.74, 6) is -3.65. The number of amides is 2. The first-order chi connectivity index (χ1) is 9.11. The van der Waals surface area contributed by atoms with Gasteiger partial charge < -0.3 is 16.2 Å². The van der Waals surface area contributed by atoms with Crippen molar-refractivity contribution in [1.82, 2.24) is 5.32 Å². The van der Waals surface area contributed by atoms with E-state index in [4.69, 9.17) is 15.4 Å². The second-order valence-corrected chi connectivity index (χ2v) is 6.41. The van der Waals surface area contributed by atoms with E-state index in [1.807, 2.05) is 0 Å². The molecule has 1 aliphatic carbocycles. The predicted octanol–water partition coefficient (Wildman–Crippen LogP) is -1.51. The molecule has 0 radical (unpaired) electrons. The molecule has 0 heterocycles. The first-order valence-corrected chi connectivity index (χ1v) is 7.39. The van der Waals surface area contributed by atoms with Crippen molar-refractivity contribution in [2.75, 3.05) is 0 Å². The van der Waals surface area contributed by atoms with Gasteiger partial charge in [0.1, 0.15) is 6.04 Å². The van der Waals surface area contributed by atoms with Gasteiger partial charge >= 0.3 is 5.97 Å². The maximum Gasteiger partial charge on any atom is 0.326 e. The van der Waals surface area contributed by atoms with Gasteiger partial charge in [-0.2, -0.15) is 8.42 Å². The number of hydrogen-bond donors (Lipinski definition) is 4. The van der Waals surface area contributed by atoms with Gasteiger partial charge in [0, 0.05) is 5.92 Å². The third kappa shape index (κ3) is 4.46. The van der Waals surface area contributed by atoms with Crippen LogP contribution in [0.1, 0.15) is 25.7 Å². The fourth-order valence-corrected chi connectivity index (χ4v) is 3.05. The van der Waals surface area contributed by atoms with Gasteiger partial charge in [-0.1, -0.05) is 0 Å². The first-order valence-electron chi connectivity index (χ1n) is 5.89. The highest BCUT2D eigenvalue weighted by atomic mass is 32.2. The number of carbonyl (C=O) groups is 3. The molecule has 3 atom stereocenters. The van der Waals surface area contributed by atoms with Gasteiger partial charge in [0.15, 0.2) is 0 Å². The molecule has 1 rings (SSSR count). The molecule has 10 heteroatoms. The highest BCUT2D eigenvalue weighted by molar-refractivity contribution is 7.86. The Morgan fingerprint density at radius 1 is 1.30 bits per heavy atom. The van der Waals surface area contributed by atoms with Crippen LogP contribution >= 0.6 is 0 Å². The van der Waals surface area contributed by atoms with Crippen molar-refractivity contribution in [3.63, 3.8) is 0 Å². The Morgan fingerprint density at radius 2 is 1.90 bits per heavy atom. The Morgan fingerprint density at radius 3 is 2.30 bits per heavy atom. The summed E-state index contributed by atoms with van der Waals surface area (Å²) in [6.45, 7) is 0. The summed E-state index contributed by atoms with van der Waals surface area (Å²) in [5, 5.41) is 9.97. The molecule has 0 aromatic carbocycles. The Bertz CT molecular complexity index is 516. The Kier molecular flexibility index (Phi) is 5.06. The van der Waals surface area contributed by atoms with E-state index in [-0.39, 0.29) is 19.3 Å². The van der Waals surface area contributed by atoms with Crippen LogP contribution in [-0.4, -0.2) is 47.2 Å². The van der Waals surface area contributed by atoms with Crippen LogP contribution in [0.25, 0.3) is 0 Å². The lowest BCUT2D eigenvalue weighted by Gasteiger charge is -2.16. The molecule has 114 valence electrons. The second kappa shape index (κ2) is 6.18. The molecule has 0 aromatic heterocycles. The summed E-state index contributed by atoms with van der Waals surface area (Å²) < 4.78 is 30.8. The van der Waals surface area contributed by atoms with Crippen LogP contribution in [0.4, 0.5) is 0 Å². The minimum Gasteiger partial charge on any atom is -0.480 e. The zero-order chi connectivity index (χ0) is 15.5. The van der Waals surface area contributed by atoms with E-state index in [2.05, 4.69) is 5.32 Å². The SMILES string of the molecule is NC(=O)C[C@H](NC(=O)C1CCC(S(=O)(=O)O)C1)C(=O)O. The van der Waals surface area contributed by atoms with Crippen molar-refractivity contribution in [2.45, 2.75) is 37.0 Å². The number of nitrogens with one attached hydrogen (secondary N) is 1. The van der Waals surface area contributed by atoms with E-state index < -0.39 is 51.5 Å². The van der Waals surface area contributed by atoms with Gasteiger partial charge in [-0.05, 0) is 19.3 Å². The number of carboxylic acid groups (broad SMARTS) is 1. The van der Waals surface area contributed by atoms with Crippen LogP contribution in [-0.2, 0) is 24.5 Å². The number of aliphatic carboxylic acids is 1. The van der Waals surface area contributed by atoms with Crippen molar-refractivity contribution in [3.8, 4) is 0 Å². The summed E-state index contributed by atoms with van der Waals surface area (Å²) in [7, 11) is -4.20. The fraction of sp³-hybridized carbons (Fsp3) is 0.700. The van der Waals surface area contributed by atoms with E-state index in [0.717, 1.165) is 0 Å². The van der Waals surface area contributed by atoms with Crippen LogP contribution in [0.3, 0.4) is 0 Å². The zero-order valence-electron chi connectivity index (χ0n) is 10.5. The lowest BCUT2D eigenvalue weighted by atomic mass is 10.1. The molecule has 0 spiro atoms. The Labute approximate surface area is 115 Å². The third-order valence-electron chi connectivity index (χ3n) is 3.20. The van der Waals surface area contributed by atoms with Crippen LogP contribution < -0.4 is 11.1 Å². The normalized spacial score (nSPS) is 24.1. The van der Waals surface area contributed by atoms with Crippen LogP contribution in [0, 0.1) is 5.92 Å². The van der Waals surface area contributed by atoms with Gasteiger partial charge in [-0.25, -0.2) is 4.79 Å². The summed E-state index contributed by atoms with van der Waals surface area (Å²) in [6, 6.07) is -1.44. The number of carboxylic acids is 1. The van der Waals surface area contributed by atoms with Crippen LogP contribution in [0.5, 0.6) is 0 Å². The standard InChI is InChI=1S/C10H16N2O7S/c11-8(13)4-7(10(15)16)12-9(14)5-1-2-6(3-5)20(17,18)19/h5-7H,1-4H2,(H2,11,13)(H,12,14)(H,15,16)(H,17,18,19)/t5?,6?,7-/m0/s1. The smallest absolute Gasteiger partial charge is 0.326 e. The van der Waals surface area contributed by atoms with Crippen LogP contribution in [0.2, 0.25) is 0 Å². The second-order valence-electron chi connectivity index (χ2n) is 4.72. The number of primary amides is 1. The average molecular weight is 308 g/mol. The molecule has 1 fully saturated rings. The van der Waals surface area contributed by atoms with Crippen molar-refractivity contribution >= 4 is 27.9 Å². The number of carbonyl (C=O) groups excluding carboxylic acids is 2.